The molecule has 0 N–H and O–H groups in total. The molecule has 4 atom stereocenters. The Hall–Kier alpha value is -1.51. The summed E-state index contributed by atoms with van der Waals surface area (Å²) in [4.78, 5) is 2.60. The summed E-state index contributed by atoms with van der Waals surface area (Å²) in [7, 11) is 2.29. The Balaban J connectivity index is 1.56. The van der Waals surface area contributed by atoms with Crippen molar-refractivity contribution in [1.82, 2.24) is 4.90 Å². The van der Waals surface area contributed by atoms with Crippen molar-refractivity contribution < 1.29 is 4.74 Å². The van der Waals surface area contributed by atoms with E-state index in [2.05, 4.69) is 43.1 Å². The Bertz CT molecular complexity index is 712. The fraction of sp³-hybridized carbons (Fsp3) is 0.455. The van der Waals surface area contributed by atoms with Crippen LogP contribution >= 0.6 is 11.6 Å². The zero-order valence-electron chi connectivity index (χ0n) is 15.0. The van der Waals surface area contributed by atoms with Crippen LogP contribution in [0.1, 0.15) is 36.3 Å². The molecule has 3 heteroatoms. The van der Waals surface area contributed by atoms with Crippen LogP contribution < -0.4 is 4.74 Å². The molecule has 132 valence electrons. The molecule has 2 saturated heterocycles. The topological polar surface area (TPSA) is 12.5 Å². The van der Waals surface area contributed by atoms with Crippen LogP contribution in [0.15, 0.2) is 48.5 Å². The van der Waals surface area contributed by atoms with E-state index in [0.29, 0.717) is 17.9 Å². The molecule has 2 aromatic rings. The molecular formula is C22H26ClNO. The normalized spacial score (nSPS) is 28.9. The second-order valence-corrected chi connectivity index (χ2v) is 8.08. The molecule has 0 saturated carbocycles. The lowest BCUT2D eigenvalue weighted by Gasteiger charge is -2.43. The van der Waals surface area contributed by atoms with Crippen molar-refractivity contribution in [2.24, 2.45) is 5.92 Å². The van der Waals surface area contributed by atoms with Crippen LogP contribution in [-0.4, -0.2) is 30.6 Å². The first kappa shape index (κ1) is 16.9. The highest BCUT2D eigenvalue weighted by atomic mass is 35.5. The van der Waals surface area contributed by atoms with Crippen molar-refractivity contribution in [3.63, 3.8) is 0 Å². The SMILES string of the molecule is Cc1ccc([C@@H]2C[C@H]3CC[C@@H]([C@@H]2COc2ccc(Cl)cc2)N3C)cc1. The van der Waals surface area contributed by atoms with Gasteiger partial charge in [-0.2, -0.15) is 0 Å². The summed E-state index contributed by atoms with van der Waals surface area (Å²) in [5.41, 5.74) is 2.80. The number of halogens is 1. The number of rotatable bonds is 4. The summed E-state index contributed by atoms with van der Waals surface area (Å²) in [5.74, 6) is 2.03. The van der Waals surface area contributed by atoms with Crippen molar-refractivity contribution in [1.29, 1.82) is 0 Å². The number of ether oxygens (including phenoxy) is 1. The number of piperidine rings is 1. The minimum atomic E-state index is 0.530. The number of aryl methyl sites for hydroxylation is 1. The van der Waals surface area contributed by atoms with E-state index in [0.717, 1.165) is 23.4 Å². The molecule has 2 bridgehead atoms. The molecule has 4 rings (SSSR count). The van der Waals surface area contributed by atoms with E-state index in [1.165, 1.54) is 30.4 Å². The van der Waals surface area contributed by atoms with Gasteiger partial charge in [-0.05, 0) is 69.0 Å². The van der Waals surface area contributed by atoms with Crippen molar-refractivity contribution in [3.8, 4) is 5.75 Å². The van der Waals surface area contributed by atoms with Gasteiger partial charge in [0.2, 0.25) is 0 Å². The zero-order chi connectivity index (χ0) is 17.4. The number of benzene rings is 2. The molecule has 25 heavy (non-hydrogen) atoms. The fourth-order valence-electron chi connectivity index (χ4n) is 4.72. The molecule has 2 fully saturated rings. The summed E-state index contributed by atoms with van der Waals surface area (Å²) >= 11 is 5.98. The van der Waals surface area contributed by atoms with Gasteiger partial charge in [-0.25, -0.2) is 0 Å². The van der Waals surface area contributed by atoms with Crippen LogP contribution in [-0.2, 0) is 0 Å². The molecule has 0 unspecified atom stereocenters. The molecule has 0 amide bonds. The summed E-state index contributed by atoms with van der Waals surface area (Å²) in [6.07, 6.45) is 3.85. The van der Waals surface area contributed by atoms with Gasteiger partial charge in [-0.3, -0.25) is 0 Å². The van der Waals surface area contributed by atoms with Crippen LogP contribution in [0, 0.1) is 12.8 Å². The number of hydrogen-bond acceptors (Lipinski definition) is 2. The molecule has 0 spiro atoms. The van der Waals surface area contributed by atoms with E-state index >= 15 is 0 Å². The second kappa shape index (κ2) is 7.01. The van der Waals surface area contributed by atoms with Gasteiger partial charge in [0.15, 0.2) is 0 Å². The van der Waals surface area contributed by atoms with Gasteiger partial charge in [0.25, 0.3) is 0 Å². The molecule has 0 aromatic heterocycles. The molecule has 2 aromatic carbocycles. The first-order valence-electron chi connectivity index (χ1n) is 9.28. The minimum Gasteiger partial charge on any atom is -0.493 e. The average Bonchev–Trinajstić information content (AvgIpc) is 2.86. The van der Waals surface area contributed by atoms with Gasteiger partial charge >= 0.3 is 0 Å². The van der Waals surface area contributed by atoms with Crippen molar-refractivity contribution >= 4 is 11.6 Å². The Labute approximate surface area is 155 Å². The van der Waals surface area contributed by atoms with Gasteiger partial charge in [0.05, 0.1) is 6.61 Å². The Morgan fingerprint density at radius 1 is 1.04 bits per heavy atom. The summed E-state index contributed by atoms with van der Waals surface area (Å²) in [5, 5.41) is 0.751. The third-order valence-electron chi connectivity index (χ3n) is 6.19. The monoisotopic (exact) mass is 355 g/mol. The highest BCUT2D eigenvalue weighted by Gasteiger charge is 2.46. The maximum absolute atomic E-state index is 6.19. The maximum atomic E-state index is 6.19. The van der Waals surface area contributed by atoms with E-state index in [1.54, 1.807) is 0 Å². The zero-order valence-corrected chi connectivity index (χ0v) is 15.7. The lowest BCUT2D eigenvalue weighted by Crippen LogP contribution is -2.47. The van der Waals surface area contributed by atoms with Crippen LogP contribution in [0.5, 0.6) is 5.75 Å². The molecule has 0 aliphatic carbocycles. The summed E-state index contributed by atoms with van der Waals surface area (Å²) in [6.45, 7) is 2.92. The molecule has 2 aliphatic rings. The van der Waals surface area contributed by atoms with Gasteiger partial charge < -0.3 is 9.64 Å². The van der Waals surface area contributed by atoms with E-state index < -0.39 is 0 Å². The van der Waals surface area contributed by atoms with Gasteiger partial charge in [0.1, 0.15) is 5.75 Å². The Kier molecular flexibility index (Phi) is 4.75. The van der Waals surface area contributed by atoms with Gasteiger partial charge in [0, 0.05) is 23.0 Å². The van der Waals surface area contributed by atoms with E-state index in [-0.39, 0.29) is 0 Å². The quantitative estimate of drug-likeness (QED) is 0.738. The lowest BCUT2D eigenvalue weighted by molar-refractivity contribution is 0.0666. The number of fused-ring (bicyclic) bond motifs is 2. The predicted octanol–water partition coefficient (Wildman–Crippen LogP) is 5.29. The van der Waals surface area contributed by atoms with E-state index in [1.807, 2.05) is 24.3 Å². The second-order valence-electron chi connectivity index (χ2n) is 7.65. The largest absolute Gasteiger partial charge is 0.493 e. The number of nitrogens with zero attached hydrogens (tertiary/aromatic N) is 1. The van der Waals surface area contributed by atoms with Crippen molar-refractivity contribution in [3.05, 3.63) is 64.7 Å². The summed E-state index contributed by atoms with van der Waals surface area (Å²) in [6, 6.07) is 18.2. The third-order valence-corrected chi connectivity index (χ3v) is 6.45. The smallest absolute Gasteiger partial charge is 0.119 e. The third kappa shape index (κ3) is 3.43. The van der Waals surface area contributed by atoms with Crippen molar-refractivity contribution in [2.45, 2.75) is 44.2 Å². The predicted molar refractivity (Wildman–Crippen MR) is 104 cm³/mol. The molecule has 0 radical (unpaired) electrons. The first-order valence-corrected chi connectivity index (χ1v) is 9.66. The Morgan fingerprint density at radius 2 is 1.76 bits per heavy atom. The standard InChI is InChI=1S/C22H26ClNO/c1-15-3-5-16(6-4-15)20-13-18-9-12-22(24(18)2)21(20)14-25-19-10-7-17(23)8-11-19/h3-8,10-11,18,20-22H,9,12-14H2,1-2H3/t18-,20+,21-,22+/m1/s1. The van der Waals surface area contributed by atoms with Crippen molar-refractivity contribution in [2.75, 3.05) is 13.7 Å². The highest BCUT2D eigenvalue weighted by Crippen LogP contribution is 2.46. The lowest BCUT2D eigenvalue weighted by atomic mass is 9.76. The Morgan fingerprint density at radius 3 is 2.48 bits per heavy atom. The number of hydrogen-bond donors (Lipinski definition) is 0. The highest BCUT2D eigenvalue weighted by molar-refractivity contribution is 6.30. The van der Waals surface area contributed by atoms with Crippen LogP contribution in [0.4, 0.5) is 0 Å². The van der Waals surface area contributed by atoms with Crippen LogP contribution in [0.25, 0.3) is 0 Å². The maximum Gasteiger partial charge on any atom is 0.119 e. The first-order chi connectivity index (χ1) is 12.1. The van der Waals surface area contributed by atoms with Gasteiger partial charge in [-0.1, -0.05) is 41.4 Å². The average molecular weight is 356 g/mol. The van der Waals surface area contributed by atoms with Gasteiger partial charge in [-0.15, -0.1) is 0 Å². The molecule has 2 aliphatic heterocycles. The fourth-order valence-corrected chi connectivity index (χ4v) is 4.85. The van der Waals surface area contributed by atoms with E-state index in [9.17, 15) is 0 Å². The van der Waals surface area contributed by atoms with Crippen LogP contribution in [0.3, 0.4) is 0 Å². The van der Waals surface area contributed by atoms with Crippen LogP contribution in [0.2, 0.25) is 5.02 Å². The molecule has 2 heterocycles. The van der Waals surface area contributed by atoms with E-state index in [4.69, 9.17) is 16.3 Å². The molecular weight excluding hydrogens is 330 g/mol. The minimum absolute atomic E-state index is 0.530. The summed E-state index contributed by atoms with van der Waals surface area (Å²) < 4.78 is 6.19. The molecule has 2 nitrogen and oxygen atoms in total.